The Labute approximate surface area is 120 Å². The van der Waals surface area contributed by atoms with Crippen LogP contribution < -0.4 is 4.74 Å². The lowest BCUT2D eigenvalue weighted by atomic mass is 9.99. The number of likely N-dealkylation sites (tertiary alicyclic amines) is 1. The minimum atomic E-state index is 0.543. The molecule has 106 valence electrons. The first-order valence-electron chi connectivity index (χ1n) is 7.14. The lowest BCUT2D eigenvalue weighted by Gasteiger charge is -2.32. The molecule has 0 saturated carbocycles. The van der Waals surface area contributed by atoms with Crippen LogP contribution in [0, 0.1) is 17.2 Å². The van der Waals surface area contributed by atoms with Crippen LogP contribution in [0.3, 0.4) is 0 Å². The van der Waals surface area contributed by atoms with E-state index >= 15 is 0 Å². The zero-order chi connectivity index (χ0) is 14.2. The van der Waals surface area contributed by atoms with Gasteiger partial charge in [0.05, 0.1) is 18.2 Å². The van der Waals surface area contributed by atoms with E-state index in [4.69, 9.17) is 10.00 Å². The maximum Gasteiger partial charge on any atom is 0.214 e. The lowest BCUT2D eigenvalue weighted by Crippen LogP contribution is -2.38. The number of ether oxygens (including phenoxy) is 1. The molecule has 0 amide bonds. The molecule has 1 unspecified atom stereocenters. The Morgan fingerprint density at radius 1 is 1.60 bits per heavy atom. The van der Waals surface area contributed by atoms with Gasteiger partial charge in [-0.2, -0.15) is 5.26 Å². The fourth-order valence-electron chi connectivity index (χ4n) is 2.53. The Morgan fingerprint density at radius 3 is 3.30 bits per heavy atom. The number of piperidine rings is 1. The van der Waals surface area contributed by atoms with Gasteiger partial charge in [0.1, 0.15) is 0 Å². The third-order valence-corrected chi connectivity index (χ3v) is 3.58. The lowest BCUT2D eigenvalue weighted by molar-refractivity contribution is 0.129. The van der Waals surface area contributed by atoms with Crippen molar-refractivity contribution in [1.82, 2.24) is 9.88 Å². The molecule has 0 aromatic carbocycles. The van der Waals surface area contributed by atoms with Gasteiger partial charge in [0, 0.05) is 31.3 Å². The highest BCUT2D eigenvalue weighted by atomic mass is 16.5. The summed E-state index contributed by atoms with van der Waals surface area (Å²) in [7, 11) is 0. The zero-order valence-electron chi connectivity index (χ0n) is 11.8. The van der Waals surface area contributed by atoms with E-state index in [1.54, 1.807) is 18.3 Å². The topological polar surface area (TPSA) is 49.1 Å². The molecule has 0 spiro atoms. The quantitative estimate of drug-likeness (QED) is 0.746. The molecule has 0 bridgehead atoms. The van der Waals surface area contributed by atoms with Gasteiger partial charge in [0.25, 0.3) is 0 Å². The highest BCUT2D eigenvalue weighted by Gasteiger charge is 2.20. The van der Waals surface area contributed by atoms with Crippen molar-refractivity contribution in [3.05, 3.63) is 36.5 Å². The maximum absolute atomic E-state index is 8.85. The Morgan fingerprint density at radius 2 is 2.50 bits per heavy atom. The van der Waals surface area contributed by atoms with Crippen LogP contribution in [0.4, 0.5) is 0 Å². The van der Waals surface area contributed by atoms with Gasteiger partial charge in [-0.25, -0.2) is 4.98 Å². The molecule has 1 saturated heterocycles. The SMILES string of the molecule is C=CCCN1CCCC(COc2cc(C#N)ccn2)C1. The van der Waals surface area contributed by atoms with E-state index < -0.39 is 0 Å². The molecule has 1 aliphatic heterocycles. The van der Waals surface area contributed by atoms with Gasteiger partial charge in [0.2, 0.25) is 5.88 Å². The van der Waals surface area contributed by atoms with Crippen LogP contribution in [0.1, 0.15) is 24.8 Å². The van der Waals surface area contributed by atoms with Crippen LogP contribution in [-0.4, -0.2) is 36.1 Å². The van der Waals surface area contributed by atoms with Crippen LogP contribution in [-0.2, 0) is 0 Å². The van der Waals surface area contributed by atoms with Crippen molar-refractivity contribution in [2.24, 2.45) is 5.92 Å². The van der Waals surface area contributed by atoms with Crippen LogP contribution >= 0.6 is 0 Å². The number of aromatic nitrogens is 1. The first kappa shape index (κ1) is 14.5. The first-order valence-corrected chi connectivity index (χ1v) is 7.14. The van der Waals surface area contributed by atoms with Crippen LogP contribution in [0.2, 0.25) is 0 Å². The van der Waals surface area contributed by atoms with Gasteiger partial charge in [-0.05, 0) is 31.9 Å². The Hall–Kier alpha value is -1.86. The molecular formula is C16H21N3O. The number of hydrogen-bond acceptors (Lipinski definition) is 4. The van der Waals surface area contributed by atoms with E-state index in [2.05, 4.69) is 22.5 Å². The fraction of sp³-hybridized carbons (Fsp3) is 0.500. The van der Waals surface area contributed by atoms with E-state index in [1.807, 2.05) is 6.08 Å². The smallest absolute Gasteiger partial charge is 0.214 e. The van der Waals surface area contributed by atoms with Crippen molar-refractivity contribution >= 4 is 0 Å². The highest BCUT2D eigenvalue weighted by Crippen LogP contribution is 2.18. The Kier molecular flexibility index (Phi) is 5.57. The molecule has 1 aliphatic rings. The molecule has 4 nitrogen and oxygen atoms in total. The molecule has 0 N–H and O–H groups in total. The van der Waals surface area contributed by atoms with E-state index in [-0.39, 0.29) is 0 Å². The van der Waals surface area contributed by atoms with Crippen LogP contribution in [0.25, 0.3) is 0 Å². The summed E-state index contributed by atoms with van der Waals surface area (Å²) in [6, 6.07) is 5.48. The number of rotatable bonds is 6. The van der Waals surface area contributed by atoms with E-state index in [1.165, 1.54) is 19.4 Å². The summed E-state index contributed by atoms with van der Waals surface area (Å²) in [4.78, 5) is 6.61. The third-order valence-electron chi connectivity index (χ3n) is 3.58. The molecule has 1 fully saturated rings. The monoisotopic (exact) mass is 271 g/mol. The molecule has 4 heteroatoms. The molecular weight excluding hydrogens is 250 g/mol. The van der Waals surface area contributed by atoms with Gasteiger partial charge in [-0.1, -0.05) is 6.08 Å². The summed E-state index contributed by atoms with van der Waals surface area (Å²) < 4.78 is 5.73. The van der Waals surface area contributed by atoms with Crippen molar-refractivity contribution in [1.29, 1.82) is 5.26 Å². The number of hydrogen-bond donors (Lipinski definition) is 0. The van der Waals surface area contributed by atoms with Gasteiger partial charge < -0.3 is 9.64 Å². The molecule has 1 aromatic rings. The zero-order valence-corrected chi connectivity index (χ0v) is 11.8. The summed E-state index contributed by atoms with van der Waals surface area (Å²) in [5, 5.41) is 8.85. The van der Waals surface area contributed by atoms with Gasteiger partial charge in [-0.3, -0.25) is 0 Å². The highest BCUT2D eigenvalue weighted by molar-refractivity contribution is 5.31. The molecule has 1 atom stereocenters. The standard InChI is InChI=1S/C16H21N3O/c1-2-3-8-19-9-4-5-15(12-19)13-20-16-10-14(11-17)6-7-18-16/h2,6-7,10,15H,1,3-5,8-9,12-13H2. The summed E-state index contributed by atoms with van der Waals surface area (Å²) in [5.74, 6) is 1.09. The first-order chi connectivity index (χ1) is 9.81. The van der Waals surface area contributed by atoms with E-state index in [0.717, 1.165) is 19.5 Å². The number of pyridine rings is 1. The minimum Gasteiger partial charge on any atom is -0.477 e. The van der Waals surface area contributed by atoms with Crippen molar-refractivity contribution in [3.63, 3.8) is 0 Å². The summed E-state index contributed by atoms with van der Waals surface area (Å²) in [6.07, 6.45) is 7.04. The minimum absolute atomic E-state index is 0.543. The second-order valence-corrected chi connectivity index (χ2v) is 5.19. The van der Waals surface area contributed by atoms with Crippen LogP contribution in [0.15, 0.2) is 31.0 Å². The second-order valence-electron chi connectivity index (χ2n) is 5.19. The number of nitriles is 1. The molecule has 0 aliphatic carbocycles. The molecule has 1 aromatic heterocycles. The molecule has 0 radical (unpaired) electrons. The Bertz CT molecular complexity index is 481. The molecule has 2 heterocycles. The average molecular weight is 271 g/mol. The van der Waals surface area contributed by atoms with E-state index in [0.29, 0.717) is 24.0 Å². The number of nitrogens with zero attached hydrogens (tertiary/aromatic N) is 3. The molecule has 20 heavy (non-hydrogen) atoms. The van der Waals surface area contributed by atoms with Crippen molar-refractivity contribution in [3.8, 4) is 11.9 Å². The predicted molar refractivity (Wildman–Crippen MR) is 78.4 cm³/mol. The van der Waals surface area contributed by atoms with Crippen LogP contribution in [0.5, 0.6) is 5.88 Å². The predicted octanol–water partition coefficient (Wildman–Crippen LogP) is 2.62. The maximum atomic E-state index is 8.85. The summed E-state index contributed by atoms with van der Waals surface area (Å²) >= 11 is 0. The van der Waals surface area contributed by atoms with Gasteiger partial charge >= 0.3 is 0 Å². The summed E-state index contributed by atoms with van der Waals surface area (Å²) in [5.41, 5.74) is 0.589. The van der Waals surface area contributed by atoms with Gasteiger partial charge in [0.15, 0.2) is 0 Å². The third kappa shape index (κ3) is 4.36. The second kappa shape index (κ2) is 7.66. The fourth-order valence-corrected chi connectivity index (χ4v) is 2.53. The van der Waals surface area contributed by atoms with E-state index in [9.17, 15) is 0 Å². The van der Waals surface area contributed by atoms with Crippen molar-refractivity contribution in [2.45, 2.75) is 19.3 Å². The van der Waals surface area contributed by atoms with Crippen molar-refractivity contribution < 1.29 is 4.74 Å². The Balaban J connectivity index is 1.81. The molecule has 2 rings (SSSR count). The van der Waals surface area contributed by atoms with Gasteiger partial charge in [-0.15, -0.1) is 6.58 Å². The largest absolute Gasteiger partial charge is 0.477 e. The average Bonchev–Trinajstić information content (AvgIpc) is 2.51. The normalized spacial score (nSPS) is 19.2. The summed E-state index contributed by atoms with van der Waals surface area (Å²) in [6.45, 7) is 7.78. The van der Waals surface area contributed by atoms with Crippen molar-refractivity contribution in [2.75, 3.05) is 26.2 Å².